The lowest BCUT2D eigenvalue weighted by Gasteiger charge is -2.35. The van der Waals surface area contributed by atoms with Gasteiger partial charge in [-0.25, -0.2) is 0 Å². The lowest BCUT2D eigenvalue weighted by molar-refractivity contribution is 0.142. The standard InChI is InChI=1S/C12H26N2/c1-3-7-12(10-11(2)13)14-8-5-4-6-9-14/h11-12H,3-10,13H2,1-2H3. The van der Waals surface area contributed by atoms with Crippen LogP contribution in [0.25, 0.3) is 0 Å². The molecule has 0 saturated carbocycles. The third-order valence-electron chi connectivity index (χ3n) is 3.17. The van der Waals surface area contributed by atoms with E-state index in [2.05, 4.69) is 18.7 Å². The van der Waals surface area contributed by atoms with Crippen LogP contribution in [0.2, 0.25) is 0 Å². The molecule has 1 aliphatic rings. The van der Waals surface area contributed by atoms with Crippen LogP contribution in [-0.2, 0) is 0 Å². The van der Waals surface area contributed by atoms with Crippen molar-refractivity contribution in [3.63, 3.8) is 0 Å². The van der Waals surface area contributed by atoms with E-state index >= 15 is 0 Å². The summed E-state index contributed by atoms with van der Waals surface area (Å²) in [5.41, 5.74) is 5.90. The summed E-state index contributed by atoms with van der Waals surface area (Å²) in [4.78, 5) is 2.66. The summed E-state index contributed by atoms with van der Waals surface area (Å²) in [5, 5.41) is 0. The van der Waals surface area contributed by atoms with E-state index in [-0.39, 0.29) is 0 Å². The minimum Gasteiger partial charge on any atom is -0.328 e. The van der Waals surface area contributed by atoms with E-state index in [9.17, 15) is 0 Å². The molecule has 0 spiro atoms. The first kappa shape index (κ1) is 12.0. The van der Waals surface area contributed by atoms with Gasteiger partial charge in [-0.15, -0.1) is 0 Å². The van der Waals surface area contributed by atoms with Crippen molar-refractivity contribution in [3.8, 4) is 0 Å². The third-order valence-corrected chi connectivity index (χ3v) is 3.17. The normalized spacial score (nSPS) is 23.4. The zero-order valence-corrected chi connectivity index (χ0v) is 9.84. The van der Waals surface area contributed by atoms with Crippen molar-refractivity contribution in [2.45, 2.75) is 64.5 Å². The van der Waals surface area contributed by atoms with Gasteiger partial charge in [0.1, 0.15) is 0 Å². The Morgan fingerprint density at radius 2 is 1.86 bits per heavy atom. The van der Waals surface area contributed by atoms with E-state index in [0.29, 0.717) is 6.04 Å². The Hall–Kier alpha value is -0.0800. The number of hydrogen-bond acceptors (Lipinski definition) is 2. The highest BCUT2D eigenvalue weighted by molar-refractivity contribution is 4.77. The molecule has 1 rings (SSSR count). The highest BCUT2D eigenvalue weighted by Crippen LogP contribution is 2.18. The van der Waals surface area contributed by atoms with Gasteiger partial charge < -0.3 is 10.6 Å². The first-order valence-electron chi connectivity index (χ1n) is 6.23. The van der Waals surface area contributed by atoms with Crippen LogP contribution < -0.4 is 5.73 Å². The SMILES string of the molecule is CCCC(CC(C)N)N1CCCCC1. The van der Waals surface area contributed by atoms with Crippen LogP contribution in [0, 0.1) is 0 Å². The average Bonchev–Trinajstić information content (AvgIpc) is 2.18. The first-order chi connectivity index (χ1) is 6.74. The second-order valence-corrected chi connectivity index (χ2v) is 4.75. The van der Waals surface area contributed by atoms with Gasteiger partial charge in [0, 0.05) is 12.1 Å². The Labute approximate surface area is 88.8 Å². The highest BCUT2D eigenvalue weighted by Gasteiger charge is 2.20. The van der Waals surface area contributed by atoms with Gasteiger partial charge in [0.05, 0.1) is 0 Å². The molecule has 2 N–H and O–H groups in total. The van der Waals surface area contributed by atoms with E-state index in [1.807, 2.05) is 0 Å². The van der Waals surface area contributed by atoms with Crippen LogP contribution in [0.3, 0.4) is 0 Å². The number of piperidine rings is 1. The molecule has 0 aromatic rings. The molecular formula is C12H26N2. The fourth-order valence-electron chi connectivity index (χ4n) is 2.50. The molecule has 14 heavy (non-hydrogen) atoms. The van der Waals surface area contributed by atoms with E-state index in [4.69, 9.17) is 5.73 Å². The maximum atomic E-state index is 5.90. The smallest absolute Gasteiger partial charge is 0.0110 e. The van der Waals surface area contributed by atoms with Crippen molar-refractivity contribution in [2.24, 2.45) is 5.73 Å². The molecule has 1 heterocycles. The van der Waals surface area contributed by atoms with Crippen molar-refractivity contribution in [1.82, 2.24) is 4.90 Å². The number of nitrogens with zero attached hydrogens (tertiary/aromatic N) is 1. The van der Waals surface area contributed by atoms with Gasteiger partial charge in [0.15, 0.2) is 0 Å². The molecule has 2 atom stereocenters. The Morgan fingerprint density at radius 1 is 1.21 bits per heavy atom. The van der Waals surface area contributed by atoms with Crippen LogP contribution in [0.4, 0.5) is 0 Å². The topological polar surface area (TPSA) is 29.3 Å². The molecule has 1 saturated heterocycles. The molecule has 84 valence electrons. The highest BCUT2D eigenvalue weighted by atomic mass is 15.2. The molecule has 0 aromatic carbocycles. The van der Waals surface area contributed by atoms with Gasteiger partial charge in [-0.2, -0.15) is 0 Å². The van der Waals surface area contributed by atoms with Gasteiger partial charge in [-0.3, -0.25) is 0 Å². The Bertz CT molecular complexity index is 139. The average molecular weight is 198 g/mol. The van der Waals surface area contributed by atoms with Crippen molar-refractivity contribution in [3.05, 3.63) is 0 Å². The summed E-state index contributed by atoms with van der Waals surface area (Å²) in [6, 6.07) is 1.11. The maximum absolute atomic E-state index is 5.90. The van der Waals surface area contributed by atoms with Gasteiger partial charge in [-0.05, 0) is 45.7 Å². The molecule has 1 fully saturated rings. The van der Waals surface area contributed by atoms with Crippen LogP contribution in [-0.4, -0.2) is 30.1 Å². The molecule has 1 aliphatic heterocycles. The van der Waals surface area contributed by atoms with Crippen molar-refractivity contribution in [2.75, 3.05) is 13.1 Å². The Morgan fingerprint density at radius 3 is 2.36 bits per heavy atom. The molecule has 0 radical (unpaired) electrons. The number of nitrogens with two attached hydrogens (primary N) is 1. The largest absolute Gasteiger partial charge is 0.328 e. The van der Waals surface area contributed by atoms with E-state index in [1.165, 1.54) is 51.6 Å². The number of rotatable bonds is 5. The molecule has 2 nitrogen and oxygen atoms in total. The fourth-order valence-corrected chi connectivity index (χ4v) is 2.50. The first-order valence-corrected chi connectivity index (χ1v) is 6.23. The maximum Gasteiger partial charge on any atom is 0.0110 e. The minimum atomic E-state index is 0.355. The molecule has 0 amide bonds. The summed E-state index contributed by atoms with van der Waals surface area (Å²) in [7, 11) is 0. The lowest BCUT2D eigenvalue weighted by Crippen LogP contribution is -2.41. The predicted molar refractivity (Wildman–Crippen MR) is 62.4 cm³/mol. The van der Waals surface area contributed by atoms with Gasteiger partial charge >= 0.3 is 0 Å². The zero-order valence-electron chi connectivity index (χ0n) is 9.84. The Balaban J connectivity index is 2.38. The molecule has 0 aliphatic carbocycles. The molecule has 2 heteroatoms. The van der Waals surface area contributed by atoms with Crippen molar-refractivity contribution < 1.29 is 0 Å². The fraction of sp³-hybridized carbons (Fsp3) is 1.00. The summed E-state index contributed by atoms with van der Waals surface area (Å²) in [5.74, 6) is 0. The third kappa shape index (κ3) is 3.97. The van der Waals surface area contributed by atoms with E-state index in [1.54, 1.807) is 0 Å². The zero-order chi connectivity index (χ0) is 10.4. The number of hydrogen-bond donors (Lipinski definition) is 1. The lowest BCUT2D eigenvalue weighted by atomic mass is 9.99. The predicted octanol–water partition coefficient (Wildman–Crippen LogP) is 2.38. The van der Waals surface area contributed by atoms with Crippen LogP contribution in [0.5, 0.6) is 0 Å². The Kier molecular flexibility index (Phi) is 5.49. The second-order valence-electron chi connectivity index (χ2n) is 4.75. The molecule has 2 unspecified atom stereocenters. The quantitative estimate of drug-likeness (QED) is 0.735. The second kappa shape index (κ2) is 6.41. The van der Waals surface area contributed by atoms with E-state index in [0.717, 1.165) is 6.04 Å². The molecule has 0 bridgehead atoms. The number of likely N-dealkylation sites (tertiary alicyclic amines) is 1. The van der Waals surface area contributed by atoms with Gasteiger partial charge in [-0.1, -0.05) is 19.8 Å². The van der Waals surface area contributed by atoms with Crippen LogP contribution >= 0.6 is 0 Å². The molecular weight excluding hydrogens is 172 g/mol. The molecule has 0 aromatic heterocycles. The van der Waals surface area contributed by atoms with Crippen molar-refractivity contribution >= 4 is 0 Å². The summed E-state index contributed by atoms with van der Waals surface area (Å²) < 4.78 is 0. The summed E-state index contributed by atoms with van der Waals surface area (Å²) in [6.07, 6.45) is 7.98. The summed E-state index contributed by atoms with van der Waals surface area (Å²) >= 11 is 0. The monoisotopic (exact) mass is 198 g/mol. The van der Waals surface area contributed by atoms with Crippen LogP contribution in [0.1, 0.15) is 52.4 Å². The summed E-state index contributed by atoms with van der Waals surface area (Å²) in [6.45, 7) is 7.01. The van der Waals surface area contributed by atoms with Crippen LogP contribution in [0.15, 0.2) is 0 Å². The minimum absolute atomic E-state index is 0.355. The van der Waals surface area contributed by atoms with Gasteiger partial charge in [0.2, 0.25) is 0 Å². The van der Waals surface area contributed by atoms with Crippen molar-refractivity contribution in [1.29, 1.82) is 0 Å². The van der Waals surface area contributed by atoms with Gasteiger partial charge in [0.25, 0.3) is 0 Å². The van der Waals surface area contributed by atoms with E-state index < -0.39 is 0 Å².